The molecule has 8 aromatic carbocycles. The second-order valence-corrected chi connectivity index (χ2v) is 19.6. The Morgan fingerprint density at radius 3 is 1.12 bits per heavy atom. The molecule has 4 N–H and O–H groups in total. The van der Waals surface area contributed by atoms with E-state index < -0.39 is 0 Å². The minimum Gasteiger partial charge on any atom is -0.398 e. The Kier molecular flexibility index (Phi) is 11.7. The quantitative estimate of drug-likeness (QED) is 0.0544. The topological polar surface area (TPSA) is 58.5 Å². The number of nitrogens with zero attached hydrogens (tertiary/aromatic N) is 2. The van der Waals surface area contributed by atoms with E-state index in [-0.39, 0.29) is 10.8 Å². The number of unbranched alkanes of at least 4 members (excludes halogenated alkanes) is 9. The summed E-state index contributed by atoms with van der Waals surface area (Å²) in [6, 6.07) is 50.5. The van der Waals surface area contributed by atoms with E-state index in [2.05, 4.69) is 171 Å². The van der Waals surface area contributed by atoms with Crippen LogP contribution in [0.1, 0.15) is 146 Å². The molecule has 0 atom stereocenters. The Labute approximate surface area is 388 Å². The van der Waals surface area contributed by atoms with Crippen LogP contribution in [0.25, 0.3) is 32.3 Å². The van der Waals surface area contributed by atoms with Crippen LogP contribution >= 0.6 is 0 Å². The molecule has 0 spiro atoms. The standard InChI is InChI=1S/C61H68N4/c1-5-8-11-22-37-60(4)46-25-14-18-29-52(46)64(53-30-19-15-26-47(53)60)56-40-44-50(62)36-34-43-57(41-45-51(63)35-33-42(56)58(45)59(43)44)65-54-31-20-16-27-48(54)61(38-23-12-9-6-2,39-24-13-10-7-3)49-28-17-21-32-55(49)65/h14-21,25-36,40-41H,5-13,22-24,37-39,62-63H2,1-4H3. The van der Waals surface area contributed by atoms with Crippen LogP contribution in [0.5, 0.6) is 0 Å². The van der Waals surface area contributed by atoms with Crippen molar-refractivity contribution in [2.75, 3.05) is 21.3 Å². The summed E-state index contributed by atoms with van der Waals surface area (Å²) in [5, 5.41) is 6.83. The van der Waals surface area contributed by atoms with Crippen molar-refractivity contribution in [1.29, 1.82) is 0 Å². The molecule has 0 unspecified atom stereocenters. The summed E-state index contributed by atoms with van der Waals surface area (Å²) in [6.07, 6.45) is 18.4. The van der Waals surface area contributed by atoms with Gasteiger partial charge in [-0.1, -0.05) is 190 Å². The molecule has 2 aliphatic rings. The third-order valence-corrected chi connectivity index (χ3v) is 15.6. The molecule has 0 saturated carbocycles. The minimum atomic E-state index is -0.113. The summed E-state index contributed by atoms with van der Waals surface area (Å²) in [5.74, 6) is 0. The fraction of sp³-hybridized carbons (Fsp3) is 0.344. The Bertz CT molecular complexity index is 2870. The van der Waals surface area contributed by atoms with Gasteiger partial charge in [0.05, 0.1) is 34.1 Å². The maximum atomic E-state index is 7.22. The Hall–Kier alpha value is -6.00. The van der Waals surface area contributed by atoms with Crippen molar-refractivity contribution in [2.24, 2.45) is 0 Å². The molecule has 0 saturated heterocycles. The van der Waals surface area contributed by atoms with Gasteiger partial charge in [-0.15, -0.1) is 0 Å². The predicted molar refractivity (Wildman–Crippen MR) is 282 cm³/mol. The lowest BCUT2D eigenvalue weighted by Gasteiger charge is -2.46. The first kappa shape index (κ1) is 42.9. The first-order valence-electron chi connectivity index (χ1n) is 25.1. The Morgan fingerprint density at radius 1 is 0.369 bits per heavy atom. The van der Waals surface area contributed by atoms with Crippen LogP contribution in [-0.4, -0.2) is 0 Å². The fourth-order valence-corrected chi connectivity index (χ4v) is 12.4. The summed E-state index contributed by atoms with van der Waals surface area (Å²) in [7, 11) is 0. The number of nitrogens with two attached hydrogens (primary N) is 2. The number of para-hydroxylation sites is 4. The van der Waals surface area contributed by atoms with Crippen molar-refractivity contribution < 1.29 is 0 Å². The van der Waals surface area contributed by atoms with Crippen LogP contribution in [0.2, 0.25) is 0 Å². The highest BCUT2D eigenvalue weighted by atomic mass is 15.2. The molecule has 0 bridgehead atoms. The Morgan fingerprint density at radius 2 is 0.723 bits per heavy atom. The average Bonchev–Trinajstić information content (AvgIpc) is 3.34. The largest absolute Gasteiger partial charge is 0.398 e. The summed E-state index contributed by atoms with van der Waals surface area (Å²) in [4.78, 5) is 5.09. The van der Waals surface area contributed by atoms with E-state index in [4.69, 9.17) is 11.5 Å². The van der Waals surface area contributed by atoms with Crippen LogP contribution in [0.4, 0.5) is 45.5 Å². The van der Waals surface area contributed by atoms with Gasteiger partial charge in [0.2, 0.25) is 0 Å². The van der Waals surface area contributed by atoms with Crippen molar-refractivity contribution in [3.05, 3.63) is 156 Å². The highest BCUT2D eigenvalue weighted by Crippen LogP contribution is 2.60. The summed E-state index contributed by atoms with van der Waals surface area (Å²) < 4.78 is 0. The first-order chi connectivity index (χ1) is 31.9. The van der Waals surface area contributed by atoms with Gasteiger partial charge in [0.15, 0.2) is 0 Å². The van der Waals surface area contributed by atoms with Gasteiger partial charge >= 0.3 is 0 Å². The lowest BCUT2D eigenvalue weighted by Crippen LogP contribution is -2.36. The molecule has 0 radical (unpaired) electrons. The summed E-state index contributed by atoms with van der Waals surface area (Å²) >= 11 is 0. The number of nitrogen functional groups attached to an aromatic ring is 2. The minimum absolute atomic E-state index is 0.0602. The number of anilines is 8. The van der Waals surface area contributed by atoms with Gasteiger partial charge in [0.1, 0.15) is 0 Å². The van der Waals surface area contributed by atoms with E-state index in [1.807, 2.05) is 0 Å². The van der Waals surface area contributed by atoms with Crippen LogP contribution in [-0.2, 0) is 10.8 Å². The molecule has 4 nitrogen and oxygen atoms in total. The highest BCUT2D eigenvalue weighted by Gasteiger charge is 2.44. The molecule has 0 amide bonds. The SMILES string of the molecule is CCCCCCC1(C)c2ccccc2N(c2cc3c(N)ccc4c(N5c6ccccc6C(CCCCCC)(CCCCCC)c6ccccc65)cc5c(N)ccc2c5c34)c2ccccc21. The lowest BCUT2D eigenvalue weighted by molar-refractivity contribution is 0.391. The van der Waals surface area contributed by atoms with Gasteiger partial charge in [-0.25, -0.2) is 0 Å². The zero-order valence-corrected chi connectivity index (χ0v) is 39.4. The maximum Gasteiger partial charge on any atom is 0.0547 e. The zero-order chi connectivity index (χ0) is 44.7. The van der Waals surface area contributed by atoms with Crippen molar-refractivity contribution >= 4 is 77.8 Å². The monoisotopic (exact) mass is 857 g/mol. The molecule has 10 rings (SSSR count). The molecule has 0 aliphatic carbocycles. The molecular formula is C61H68N4. The molecule has 65 heavy (non-hydrogen) atoms. The smallest absolute Gasteiger partial charge is 0.0547 e. The van der Waals surface area contributed by atoms with E-state index in [1.54, 1.807) is 0 Å². The zero-order valence-electron chi connectivity index (χ0n) is 39.4. The van der Waals surface area contributed by atoms with Crippen molar-refractivity contribution in [3.8, 4) is 0 Å². The van der Waals surface area contributed by atoms with E-state index in [0.29, 0.717) is 0 Å². The highest BCUT2D eigenvalue weighted by molar-refractivity contribution is 6.33. The van der Waals surface area contributed by atoms with E-state index in [9.17, 15) is 0 Å². The second-order valence-electron chi connectivity index (χ2n) is 19.6. The predicted octanol–water partition coefficient (Wildman–Crippen LogP) is 17.8. The number of hydrogen-bond donors (Lipinski definition) is 2. The average molecular weight is 857 g/mol. The van der Waals surface area contributed by atoms with E-state index in [0.717, 1.165) is 52.8 Å². The number of rotatable bonds is 17. The van der Waals surface area contributed by atoms with Gasteiger partial charge in [-0.3, -0.25) is 0 Å². The summed E-state index contributed by atoms with van der Waals surface area (Å²) in [5.41, 5.74) is 28.8. The van der Waals surface area contributed by atoms with Crippen LogP contribution in [0, 0.1) is 0 Å². The molecule has 8 aromatic rings. The summed E-state index contributed by atoms with van der Waals surface area (Å²) in [6.45, 7) is 9.41. The number of fused-ring (bicyclic) bond motifs is 4. The van der Waals surface area contributed by atoms with Gasteiger partial charge in [0, 0.05) is 54.5 Å². The van der Waals surface area contributed by atoms with Crippen molar-refractivity contribution in [1.82, 2.24) is 0 Å². The number of hydrogen-bond acceptors (Lipinski definition) is 4. The third kappa shape index (κ3) is 7.02. The second kappa shape index (κ2) is 17.8. The third-order valence-electron chi connectivity index (χ3n) is 15.6. The lowest BCUT2D eigenvalue weighted by atomic mass is 9.65. The maximum absolute atomic E-state index is 7.22. The first-order valence-corrected chi connectivity index (χ1v) is 25.1. The molecular weight excluding hydrogens is 789 g/mol. The molecule has 2 aliphatic heterocycles. The van der Waals surface area contributed by atoms with Gasteiger partial charge in [-0.05, 0) is 90.0 Å². The molecule has 0 fully saturated rings. The molecule has 0 aromatic heterocycles. The van der Waals surface area contributed by atoms with E-state index >= 15 is 0 Å². The van der Waals surface area contributed by atoms with E-state index in [1.165, 1.54) is 144 Å². The number of benzene rings is 8. The molecule has 2 heterocycles. The molecule has 332 valence electrons. The Balaban J connectivity index is 1.19. The van der Waals surface area contributed by atoms with Crippen LogP contribution < -0.4 is 21.3 Å². The molecule has 4 heteroatoms. The van der Waals surface area contributed by atoms with Crippen molar-refractivity contribution in [3.63, 3.8) is 0 Å². The van der Waals surface area contributed by atoms with Crippen molar-refractivity contribution in [2.45, 2.75) is 135 Å². The fourth-order valence-electron chi connectivity index (χ4n) is 12.4. The van der Waals surface area contributed by atoms with Gasteiger partial charge < -0.3 is 21.3 Å². The normalized spacial score (nSPS) is 14.8. The van der Waals surface area contributed by atoms with Crippen LogP contribution in [0.15, 0.2) is 133 Å². The van der Waals surface area contributed by atoms with Crippen LogP contribution in [0.3, 0.4) is 0 Å². The van der Waals surface area contributed by atoms with Gasteiger partial charge in [0.25, 0.3) is 0 Å². The van der Waals surface area contributed by atoms with Gasteiger partial charge in [-0.2, -0.15) is 0 Å².